The second-order valence-electron chi connectivity index (χ2n) is 4.55. The monoisotopic (exact) mass is 263 g/mol. The van der Waals surface area contributed by atoms with Gasteiger partial charge in [0.05, 0.1) is 11.7 Å². The first-order chi connectivity index (χ1) is 9.16. The summed E-state index contributed by atoms with van der Waals surface area (Å²) in [5.41, 5.74) is 0.435. The van der Waals surface area contributed by atoms with E-state index in [1.165, 1.54) is 0 Å². The molecular weight excluding hydrogens is 246 g/mol. The van der Waals surface area contributed by atoms with Gasteiger partial charge in [-0.15, -0.1) is 0 Å². The first-order valence-electron chi connectivity index (χ1n) is 6.35. The Labute approximate surface area is 111 Å². The topological polar surface area (TPSA) is 66.8 Å². The SMILES string of the molecule is O=C(OCC(=O)N1CCC(O)CC1)c1ccccc1. The lowest BCUT2D eigenvalue weighted by molar-refractivity contribution is -0.136. The van der Waals surface area contributed by atoms with Crippen LogP contribution in [0.3, 0.4) is 0 Å². The number of hydrogen-bond acceptors (Lipinski definition) is 4. The summed E-state index contributed by atoms with van der Waals surface area (Å²) in [5.74, 6) is -0.706. The fourth-order valence-corrected chi connectivity index (χ4v) is 1.99. The molecule has 2 rings (SSSR count). The number of carbonyl (C=O) groups excluding carboxylic acids is 2. The summed E-state index contributed by atoms with van der Waals surface area (Å²) in [6.45, 7) is 0.787. The molecule has 5 nitrogen and oxygen atoms in total. The van der Waals surface area contributed by atoms with Crippen molar-refractivity contribution in [3.05, 3.63) is 35.9 Å². The molecule has 0 atom stereocenters. The van der Waals surface area contributed by atoms with Gasteiger partial charge in [0.2, 0.25) is 0 Å². The van der Waals surface area contributed by atoms with Crippen LogP contribution in [-0.4, -0.2) is 47.7 Å². The molecule has 0 bridgehead atoms. The standard InChI is InChI=1S/C14H17NO4/c16-12-6-8-15(9-7-12)13(17)10-19-14(18)11-4-2-1-3-5-11/h1-5,12,16H,6-10H2. The van der Waals surface area contributed by atoms with E-state index in [-0.39, 0.29) is 18.6 Å². The minimum absolute atomic E-state index is 0.212. The van der Waals surface area contributed by atoms with Gasteiger partial charge in [0, 0.05) is 13.1 Å². The number of piperidine rings is 1. The molecule has 0 saturated carbocycles. The predicted octanol–water partition coefficient (Wildman–Crippen LogP) is 0.827. The molecule has 19 heavy (non-hydrogen) atoms. The molecule has 0 aromatic heterocycles. The number of benzene rings is 1. The third-order valence-corrected chi connectivity index (χ3v) is 3.15. The van der Waals surface area contributed by atoms with E-state index in [0.29, 0.717) is 31.5 Å². The van der Waals surface area contributed by atoms with E-state index in [4.69, 9.17) is 4.74 Å². The van der Waals surface area contributed by atoms with Gasteiger partial charge in [0.15, 0.2) is 6.61 Å². The van der Waals surface area contributed by atoms with Crippen LogP contribution < -0.4 is 0 Å². The molecule has 102 valence electrons. The van der Waals surface area contributed by atoms with Gasteiger partial charge in [-0.2, -0.15) is 0 Å². The Morgan fingerprint density at radius 1 is 1.21 bits per heavy atom. The third-order valence-electron chi connectivity index (χ3n) is 3.15. The van der Waals surface area contributed by atoms with Gasteiger partial charge in [0.25, 0.3) is 5.91 Å². The molecule has 1 aliphatic heterocycles. The minimum atomic E-state index is -0.494. The first-order valence-corrected chi connectivity index (χ1v) is 6.35. The fraction of sp³-hybridized carbons (Fsp3) is 0.429. The van der Waals surface area contributed by atoms with Crippen LogP contribution in [0.2, 0.25) is 0 Å². The fourth-order valence-electron chi connectivity index (χ4n) is 1.99. The van der Waals surface area contributed by atoms with Crippen LogP contribution in [0.15, 0.2) is 30.3 Å². The van der Waals surface area contributed by atoms with Crippen LogP contribution in [0.1, 0.15) is 23.2 Å². The van der Waals surface area contributed by atoms with E-state index in [9.17, 15) is 14.7 Å². The molecule has 5 heteroatoms. The Morgan fingerprint density at radius 3 is 2.47 bits per heavy atom. The molecular formula is C14H17NO4. The minimum Gasteiger partial charge on any atom is -0.452 e. The van der Waals surface area contributed by atoms with E-state index in [1.54, 1.807) is 35.2 Å². The largest absolute Gasteiger partial charge is 0.452 e. The molecule has 1 aromatic carbocycles. The predicted molar refractivity (Wildman–Crippen MR) is 68.5 cm³/mol. The third kappa shape index (κ3) is 3.79. The van der Waals surface area contributed by atoms with Gasteiger partial charge in [-0.3, -0.25) is 4.79 Å². The normalized spacial score (nSPS) is 16.2. The number of carbonyl (C=O) groups is 2. The Balaban J connectivity index is 1.79. The van der Waals surface area contributed by atoms with Gasteiger partial charge in [-0.05, 0) is 25.0 Å². The maximum Gasteiger partial charge on any atom is 0.338 e. The Bertz CT molecular complexity index is 438. The van der Waals surface area contributed by atoms with Crippen molar-refractivity contribution in [3.8, 4) is 0 Å². The van der Waals surface area contributed by atoms with Crippen LogP contribution in [0.4, 0.5) is 0 Å². The summed E-state index contributed by atoms with van der Waals surface area (Å²) in [4.78, 5) is 25.1. The highest BCUT2D eigenvalue weighted by Gasteiger charge is 2.22. The van der Waals surface area contributed by atoms with Crippen LogP contribution in [0.5, 0.6) is 0 Å². The summed E-state index contributed by atoms with van der Waals surface area (Å²) in [6.07, 6.45) is 0.840. The van der Waals surface area contributed by atoms with E-state index in [2.05, 4.69) is 0 Å². The molecule has 1 fully saturated rings. The molecule has 0 spiro atoms. The summed E-state index contributed by atoms with van der Waals surface area (Å²) in [5, 5.41) is 9.35. The Morgan fingerprint density at radius 2 is 1.84 bits per heavy atom. The quantitative estimate of drug-likeness (QED) is 0.820. The van der Waals surface area contributed by atoms with Crippen molar-refractivity contribution in [3.63, 3.8) is 0 Å². The van der Waals surface area contributed by atoms with Crippen LogP contribution in [0, 0.1) is 0 Å². The summed E-state index contributed by atoms with van der Waals surface area (Å²) >= 11 is 0. The number of ether oxygens (including phenoxy) is 1. The Kier molecular flexibility index (Phi) is 4.52. The molecule has 1 heterocycles. The number of aliphatic hydroxyl groups excluding tert-OH is 1. The first kappa shape index (κ1) is 13.5. The number of amides is 1. The van der Waals surface area contributed by atoms with Crippen LogP contribution in [0.25, 0.3) is 0 Å². The van der Waals surface area contributed by atoms with E-state index < -0.39 is 5.97 Å². The van der Waals surface area contributed by atoms with Gasteiger partial charge >= 0.3 is 5.97 Å². The van der Waals surface area contributed by atoms with Gasteiger partial charge < -0.3 is 14.7 Å². The molecule has 1 aromatic rings. The van der Waals surface area contributed by atoms with E-state index in [1.807, 2.05) is 0 Å². The maximum absolute atomic E-state index is 11.8. The zero-order valence-corrected chi connectivity index (χ0v) is 10.6. The molecule has 1 amide bonds. The average Bonchev–Trinajstić information content (AvgIpc) is 2.46. The number of esters is 1. The number of aliphatic hydroxyl groups is 1. The lowest BCUT2D eigenvalue weighted by Gasteiger charge is -2.29. The highest BCUT2D eigenvalue weighted by Crippen LogP contribution is 2.10. The molecule has 0 aliphatic carbocycles. The van der Waals surface area contributed by atoms with Crippen LogP contribution in [-0.2, 0) is 9.53 Å². The van der Waals surface area contributed by atoms with Crippen molar-refractivity contribution in [2.45, 2.75) is 18.9 Å². The number of likely N-dealkylation sites (tertiary alicyclic amines) is 1. The molecule has 1 saturated heterocycles. The van der Waals surface area contributed by atoms with Crippen molar-refractivity contribution in [2.24, 2.45) is 0 Å². The molecule has 1 N–H and O–H groups in total. The molecule has 1 aliphatic rings. The van der Waals surface area contributed by atoms with Gasteiger partial charge in [-0.1, -0.05) is 18.2 Å². The number of rotatable bonds is 3. The van der Waals surface area contributed by atoms with Crippen molar-refractivity contribution in [2.75, 3.05) is 19.7 Å². The zero-order chi connectivity index (χ0) is 13.7. The highest BCUT2D eigenvalue weighted by molar-refractivity contribution is 5.91. The highest BCUT2D eigenvalue weighted by atomic mass is 16.5. The van der Waals surface area contributed by atoms with Gasteiger partial charge in [0.1, 0.15) is 0 Å². The number of nitrogens with zero attached hydrogens (tertiary/aromatic N) is 1. The second-order valence-corrected chi connectivity index (χ2v) is 4.55. The van der Waals surface area contributed by atoms with E-state index >= 15 is 0 Å². The maximum atomic E-state index is 11.8. The van der Waals surface area contributed by atoms with Crippen molar-refractivity contribution >= 4 is 11.9 Å². The van der Waals surface area contributed by atoms with E-state index in [0.717, 1.165) is 0 Å². The number of hydrogen-bond donors (Lipinski definition) is 1. The average molecular weight is 263 g/mol. The van der Waals surface area contributed by atoms with Crippen molar-refractivity contribution < 1.29 is 19.4 Å². The smallest absolute Gasteiger partial charge is 0.338 e. The summed E-state index contributed by atoms with van der Waals surface area (Å²) < 4.78 is 4.98. The molecule has 0 radical (unpaired) electrons. The van der Waals surface area contributed by atoms with Gasteiger partial charge in [-0.25, -0.2) is 4.79 Å². The lowest BCUT2D eigenvalue weighted by Crippen LogP contribution is -2.42. The lowest BCUT2D eigenvalue weighted by atomic mass is 10.1. The Hall–Kier alpha value is -1.88. The molecule has 0 unspecified atom stereocenters. The summed E-state index contributed by atoms with van der Waals surface area (Å²) in [7, 11) is 0. The second kappa shape index (κ2) is 6.33. The van der Waals surface area contributed by atoms with Crippen LogP contribution >= 0.6 is 0 Å². The van der Waals surface area contributed by atoms with Crippen molar-refractivity contribution in [1.82, 2.24) is 4.90 Å². The van der Waals surface area contributed by atoms with Crippen molar-refractivity contribution in [1.29, 1.82) is 0 Å². The zero-order valence-electron chi connectivity index (χ0n) is 10.6. The summed E-state index contributed by atoms with van der Waals surface area (Å²) in [6, 6.07) is 8.57.